The Morgan fingerprint density at radius 3 is 2.40 bits per heavy atom. The van der Waals surface area contributed by atoms with E-state index in [1.165, 1.54) is 0 Å². The van der Waals surface area contributed by atoms with E-state index in [9.17, 15) is 4.39 Å². The molecule has 5 heteroatoms. The van der Waals surface area contributed by atoms with Gasteiger partial charge in [-0.05, 0) is 42.3 Å². The van der Waals surface area contributed by atoms with Crippen LogP contribution < -0.4 is 5.73 Å². The number of rotatable bonds is 5. The van der Waals surface area contributed by atoms with Gasteiger partial charge in [0, 0.05) is 20.9 Å². The van der Waals surface area contributed by atoms with Crippen LogP contribution in [0.4, 0.5) is 4.39 Å². The topological polar surface area (TPSA) is 26.0 Å². The summed E-state index contributed by atoms with van der Waals surface area (Å²) in [6, 6.07) is 15.2. The van der Waals surface area contributed by atoms with Gasteiger partial charge in [0.1, 0.15) is 0 Å². The Balaban J connectivity index is 0.00000200. The molecule has 20 heavy (non-hydrogen) atoms. The van der Waals surface area contributed by atoms with Crippen molar-refractivity contribution in [1.82, 2.24) is 0 Å². The summed E-state index contributed by atoms with van der Waals surface area (Å²) in [4.78, 5) is 2.15. The Morgan fingerprint density at radius 1 is 1.10 bits per heavy atom. The molecule has 0 spiro atoms. The van der Waals surface area contributed by atoms with Gasteiger partial charge in [0.15, 0.2) is 0 Å². The third kappa shape index (κ3) is 4.67. The zero-order valence-corrected chi connectivity index (χ0v) is 13.1. The minimum absolute atomic E-state index is 0. The molecule has 0 saturated heterocycles. The van der Waals surface area contributed by atoms with Gasteiger partial charge in [-0.25, -0.2) is 0 Å². The first kappa shape index (κ1) is 17.3. The molecule has 2 aromatic carbocycles. The normalized spacial score (nSPS) is 11.8. The second kappa shape index (κ2) is 8.53. The Hall–Kier alpha value is -0.740. The van der Waals surface area contributed by atoms with Crippen LogP contribution in [-0.2, 0) is 0 Å². The SMILES string of the molecule is Cl.N[C@H](CCF)c1ccccc1Sc1ccc(Cl)cc1. The highest BCUT2D eigenvalue weighted by atomic mass is 35.5. The van der Waals surface area contributed by atoms with E-state index in [0.29, 0.717) is 11.4 Å². The van der Waals surface area contributed by atoms with Crippen molar-refractivity contribution in [2.24, 2.45) is 5.73 Å². The standard InChI is InChI=1S/C15H15ClFNS.ClH/c16-11-5-7-12(8-6-11)19-15-4-2-1-3-13(15)14(18)9-10-17;/h1-8,14H,9-10,18H2;1H/t14-;/m1./s1. The number of alkyl halides is 1. The van der Waals surface area contributed by atoms with E-state index in [2.05, 4.69) is 0 Å². The smallest absolute Gasteiger partial charge is 0.0912 e. The van der Waals surface area contributed by atoms with Crippen LogP contribution in [0.3, 0.4) is 0 Å². The fourth-order valence-corrected chi connectivity index (χ4v) is 2.92. The Morgan fingerprint density at radius 2 is 1.75 bits per heavy atom. The van der Waals surface area contributed by atoms with Gasteiger partial charge in [0.05, 0.1) is 6.67 Å². The van der Waals surface area contributed by atoms with Gasteiger partial charge in [-0.15, -0.1) is 12.4 Å². The van der Waals surface area contributed by atoms with Gasteiger partial charge in [-0.1, -0.05) is 41.6 Å². The number of hydrogen-bond donors (Lipinski definition) is 1. The maximum atomic E-state index is 12.4. The average molecular weight is 332 g/mol. The van der Waals surface area contributed by atoms with E-state index in [0.717, 1.165) is 15.4 Å². The van der Waals surface area contributed by atoms with Crippen molar-refractivity contribution in [1.29, 1.82) is 0 Å². The Labute approximate surface area is 134 Å². The summed E-state index contributed by atoms with van der Waals surface area (Å²) >= 11 is 7.48. The summed E-state index contributed by atoms with van der Waals surface area (Å²) in [5.74, 6) is 0. The van der Waals surface area contributed by atoms with Crippen molar-refractivity contribution in [3.63, 3.8) is 0 Å². The lowest BCUT2D eigenvalue weighted by Gasteiger charge is -2.14. The Bertz CT molecular complexity index is 534. The second-order valence-electron chi connectivity index (χ2n) is 4.18. The van der Waals surface area contributed by atoms with Gasteiger partial charge in [-0.3, -0.25) is 4.39 Å². The van der Waals surface area contributed by atoms with Gasteiger partial charge < -0.3 is 5.73 Å². The Kier molecular flexibility index (Phi) is 7.38. The van der Waals surface area contributed by atoms with Crippen LogP contribution in [0.25, 0.3) is 0 Å². The number of benzene rings is 2. The van der Waals surface area contributed by atoms with E-state index in [1.54, 1.807) is 11.8 Å². The third-order valence-electron chi connectivity index (χ3n) is 2.78. The quantitative estimate of drug-likeness (QED) is 0.807. The summed E-state index contributed by atoms with van der Waals surface area (Å²) in [5.41, 5.74) is 7.00. The lowest BCUT2D eigenvalue weighted by Crippen LogP contribution is -2.11. The van der Waals surface area contributed by atoms with Crippen molar-refractivity contribution in [3.05, 3.63) is 59.1 Å². The average Bonchev–Trinajstić information content (AvgIpc) is 2.42. The highest BCUT2D eigenvalue weighted by Crippen LogP contribution is 2.33. The monoisotopic (exact) mass is 331 g/mol. The summed E-state index contributed by atoms with van der Waals surface area (Å²) in [5, 5.41) is 0.715. The molecule has 0 heterocycles. The molecule has 0 amide bonds. The molecule has 108 valence electrons. The zero-order valence-electron chi connectivity index (χ0n) is 10.8. The molecule has 0 aliphatic carbocycles. The fourth-order valence-electron chi connectivity index (χ4n) is 1.78. The number of halogens is 3. The molecular formula is C15H16Cl2FNS. The molecule has 2 rings (SSSR count). The van der Waals surface area contributed by atoms with E-state index in [4.69, 9.17) is 17.3 Å². The van der Waals surface area contributed by atoms with E-state index in [1.807, 2.05) is 48.5 Å². The van der Waals surface area contributed by atoms with E-state index >= 15 is 0 Å². The van der Waals surface area contributed by atoms with Crippen LogP contribution >= 0.6 is 35.8 Å². The molecule has 0 bridgehead atoms. The molecule has 0 aliphatic rings. The first-order valence-electron chi connectivity index (χ1n) is 6.04. The molecule has 0 aromatic heterocycles. The molecule has 1 nitrogen and oxygen atoms in total. The van der Waals surface area contributed by atoms with Crippen LogP contribution in [0, 0.1) is 0 Å². The van der Waals surface area contributed by atoms with Crippen molar-refractivity contribution in [3.8, 4) is 0 Å². The van der Waals surface area contributed by atoms with Gasteiger partial charge in [-0.2, -0.15) is 0 Å². The maximum absolute atomic E-state index is 12.4. The van der Waals surface area contributed by atoms with Crippen LogP contribution in [0.5, 0.6) is 0 Å². The predicted molar refractivity (Wildman–Crippen MR) is 86.8 cm³/mol. The highest BCUT2D eigenvalue weighted by Gasteiger charge is 2.11. The van der Waals surface area contributed by atoms with Crippen molar-refractivity contribution in [2.45, 2.75) is 22.3 Å². The third-order valence-corrected chi connectivity index (χ3v) is 4.13. The van der Waals surface area contributed by atoms with Crippen LogP contribution in [-0.4, -0.2) is 6.67 Å². The fraction of sp³-hybridized carbons (Fsp3) is 0.200. The largest absolute Gasteiger partial charge is 0.324 e. The van der Waals surface area contributed by atoms with Crippen molar-refractivity contribution >= 4 is 35.8 Å². The maximum Gasteiger partial charge on any atom is 0.0912 e. The predicted octanol–water partition coefficient (Wildman–Crippen LogP) is 5.27. The zero-order chi connectivity index (χ0) is 13.7. The molecule has 0 saturated carbocycles. The highest BCUT2D eigenvalue weighted by molar-refractivity contribution is 7.99. The molecule has 2 N–H and O–H groups in total. The second-order valence-corrected chi connectivity index (χ2v) is 5.73. The van der Waals surface area contributed by atoms with Gasteiger partial charge in [0.25, 0.3) is 0 Å². The van der Waals surface area contributed by atoms with Crippen molar-refractivity contribution < 1.29 is 4.39 Å². The van der Waals surface area contributed by atoms with Gasteiger partial charge >= 0.3 is 0 Å². The number of nitrogens with two attached hydrogens (primary N) is 1. The van der Waals surface area contributed by atoms with E-state index in [-0.39, 0.29) is 18.4 Å². The van der Waals surface area contributed by atoms with Crippen LogP contribution in [0.15, 0.2) is 58.3 Å². The lowest BCUT2D eigenvalue weighted by molar-refractivity contribution is 0.440. The molecule has 2 aromatic rings. The van der Waals surface area contributed by atoms with Gasteiger partial charge in [0.2, 0.25) is 0 Å². The first-order valence-corrected chi connectivity index (χ1v) is 7.24. The van der Waals surface area contributed by atoms with E-state index < -0.39 is 6.67 Å². The summed E-state index contributed by atoms with van der Waals surface area (Å²) < 4.78 is 12.4. The summed E-state index contributed by atoms with van der Waals surface area (Å²) in [6.07, 6.45) is 0.345. The molecule has 0 radical (unpaired) electrons. The van der Waals surface area contributed by atoms with Crippen molar-refractivity contribution in [2.75, 3.05) is 6.67 Å². The lowest BCUT2D eigenvalue weighted by atomic mass is 10.1. The molecular weight excluding hydrogens is 316 g/mol. The minimum atomic E-state index is -0.402. The first-order chi connectivity index (χ1) is 9.20. The van der Waals surface area contributed by atoms with Crippen LogP contribution in [0.1, 0.15) is 18.0 Å². The minimum Gasteiger partial charge on any atom is -0.324 e. The number of hydrogen-bond acceptors (Lipinski definition) is 2. The molecule has 0 fully saturated rings. The molecule has 0 unspecified atom stereocenters. The molecule has 0 aliphatic heterocycles. The summed E-state index contributed by atoms with van der Waals surface area (Å²) in [7, 11) is 0. The summed E-state index contributed by atoms with van der Waals surface area (Å²) in [6.45, 7) is -0.402. The van der Waals surface area contributed by atoms with Crippen LogP contribution in [0.2, 0.25) is 5.02 Å². The molecule has 1 atom stereocenters.